The number of hydrogen-bond acceptors (Lipinski definition) is 7. The molecule has 1 heterocycles. The summed E-state index contributed by atoms with van der Waals surface area (Å²) in [5, 5.41) is 3.14. The number of carbonyl (C=O) groups excluding carboxylic acids is 2. The second-order valence-corrected chi connectivity index (χ2v) is 8.77. The number of nitrogens with zero attached hydrogens (tertiary/aromatic N) is 2. The molecule has 1 unspecified atom stereocenters. The fourth-order valence-electron chi connectivity index (χ4n) is 2.50. The highest BCUT2D eigenvalue weighted by molar-refractivity contribution is 7.92. The van der Waals surface area contributed by atoms with Crippen LogP contribution < -0.4 is 10.0 Å². The van der Waals surface area contributed by atoms with Gasteiger partial charge >= 0.3 is 5.97 Å². The van der Waals surface area contributed by atoms with E-state index in [4.69, 9.17) is 16.3 Å². The summed E-state index contributed by atoms with van der Waals surface area (Å²) in [6.45, 7) is 1.42. The molecule has 9 nitrogen and oxygen atoms in total. The summed E-state index contributed by atoms with van der Waals surface area (Å²) >= 11 is 5.81. The van der Waals surface area contributed by atoms with Crippen molar-refractivity contribution in [3.05, 3.63) is 83.7 Å². The Morgan fingerprint density at radius 3 is 2.30 bits per heavy atom. The Hall–Kier alpha value is -3.76. The Morgan fingerprint density at radius 1 is 1.03 bits per heavy atom. The van der Waals surface area contributed by atoms with Crippen LogP contribution in [0.5, 0.6) is 0 Å². The minimum atomic E-state index is -3.89. The summed E-state index contributed by atoms with van der Waals surface area (Å²) in [5.41, 5.74) is 1.08. The van der Waals surface area contributed by atoms with Crippen LogP contribution in [0.4, 0.5) is 11.6 Å². The monoisotopic (exact) mass is 486 g/mol. The van der Waals surface area contributed by atoms with Crippen LogP contribution in [-0.2, 0) is 24.3 Å². The zero-order valence-electron chi connectivity index (χ0n) is 17.3. The number of amides is 1. The third-order valence-corrected chi connectivity index (χ3v) is 5.76. The lowest BCUT2D eigenvalue weighted by molar-refractivity contribution is -0.148. The fourth-order valence-corrected chi connectivity index (χ4v) is 3.58. The van der Waals surface area contributed by atoms with E-state index in [0.29, 0.717) is 10.7 Å². The SMILES string of the molecule is CC(OC(=O)/C=C/c1ccc(Cl)cc1)C(=O)Nc1ccc(S(=O)(=O)Nc2ncccn2)cc1. The summed E-state index contributed by atoms with van der Waals surface area (Å²) in [6, 6.07) is 13.8. The van der Waals surface area contributed by atoms with Gasteiger partial charge in [-0.05, 0) is 61.0 Å². The average Bonchev–Trinajstić information content (AvgIpc) is 2.79. The molecule has 0 radical (unpaired) electrons. The van der Waals surface area contributed by atoms with E-state index in [9.17, 15) is 18.0 Å². The predicted molar refractivity (Wildman–Crippen MR) is 124 cm³/mol. The Kier molecular flexibility index (Phi) is 7.75. The average molecular weight is 487 g/mol. The molecule has 3 aromatic rings. The Balaban J connectivity index is 1.55. The highest BCUT2D eigenvalue weighted by atomic mass is 35.5. The molecular weight excluding hydrogens is 468 g/mol. The van der Waals surface area contributed by atoms with E-state index < -0.39 is 28.0 Å². The molecule has 1 atom stereocenters. The number of nitrogens with one attached hydrogen (secondary N) is 2. The minimum absolute atomic E-state index is 0.0419. The molecule has 0 aliphatic heterocycles. The second kappa shape index (κ2) is 10.7. The van der Waals surface area contributed by atoms with Crippen molar-refractivity contribution < 1.29 is 22.7 Å². The summed E-state index contributed by atoms with van der Waals surface area (Å²) in [7, 11) is -3.89. The largest absolute Gasteiger partial charge is 0.449 e. The highest BCUT2D eigenvalue weighted by Gasteiger charge is 2.18. The fraction of sp³-hybridized carbons (Fsp3) is 0.0909. The van der Waals surface area contributed by atoms with Crippen molar-refractivity contribution in [2.45, 2.75) is 17.9 Å². The smallest absolute Gasteiger partial charge is 0.331 e. The van der Waals surface area contributed by atoms with Crippen molar-refractivity contribution in [3.8, 4) is 0 Å². The van der Waals surface area contributed by atoms with Gasteiger partial charge in [-0.3, -0.25) is 4.79 Å². The minimum Gasteiger partial charge on any atom is -0.449 e. The number of ether oxygens (including phenoxy) is 1. The zero-order valence-corrected chi connectivity index (χ0v) is 18.9. The molecule has 33 heavy (non-hydrogen) atoms. The van der Waals surface area contributed by atoms with E-state index in [-0.39, 0.29) is 10.8 Å². The lowest BCUT2D eigenvalue weighted by Crippen LogP contribution is -2.29. The van der Waals surface area contributed by atoms with Crippen molar-refractivity contribution in [2.24, 2.45) is 0 Å². The quantitative estimate of drug-likeness (QED) is 0.368. The molecule has 0 aliphatic carbocycles. The molecule has 2 N–H and O–H groups in total. The number of carbonyl (C=O) groups is 2. The molecule has 1 amide bonds. The maximum Gasteiger partial charge on any atom is 0.331 e. The normalized spacial score (nSPS) is 12.2. The first-order valence-electron chi connectivity index (χ1n) is 9.58. The lowest BCUT2D eigenvalue weighted by atomic mass is 10.2. The van der Waals surface area contributed by atoms with Crippen molar-refractivity contribution >= 4 is 51.2 Å². The maximum absolute atomic E-state index is 12.4. The number of anilines is 2. The van der Waals surface area contributed by atoms with Gasteiger partial charge in [0.1, 0.15) is 0 Å². The Labute approximate surface area is 195 Å². The molecule has 170 valence electrons. The molecule has 0 aliphatic rings. The summed E-state index contributed by atoms with van der Waals surface area (Å²) < 4.78 is 32.1. The number of esters is 1. The molecule has 3 rings (SSSR count). The van der Waals surface area contributed by atoms with Crippen LogP contribution in [0.15, 0.2) is 78.0 Å². The Bertz CT molecular complexity index is 1250. The van der Waals surface area contributed by atoms with E-state index in [1.54, 1.807) is 30.3 Å². The molecule has 2 aromatic carbocycles. The Morgan fingerprint density at radius 2 is 1.67 bits per heavy atom. The van der Waals surface area contributed by atoms with Crippen molar-refractivity contribution in [2.75, 3.05) is 10.0 Å². The van der Waals surface area contributed by atoms with E-state index in [0.717, 1.165) is 5.56 Å². The van der Waals surface area contributed by atoms with Gasteiger partial charge in [-0.15, -0.1) is 0 Å². The summed E-state index contributed by atoms with van der Waals surface area (Å²) in [6.07, 6.45) is 4.48. The van der Waals surface area contributed by atoms with E-state index in [2.05, 4.69) is 20.0 Å². The van der Waals surface area contributed by atoms with Gasteiger partial charge in [-0.25, -0.2) is 27.9 Å². The molecular formula is C22H19ClN4O5S. The first kappa shape index (κ1) is 23.9. The van der Waals surface area contributed by atoms with Gasteiger partial charge < -0.3 is 10.1 Å². The van der Waals surface area contributed by atoms with Gasteiger partial charge in [-0.1, -0.05) is 23.7 Å². The van der Waals surface area contributed by atoms with Crippen LogP contribution in [0, 0.1) is 0 Å². The van der Waals surface area contributed by atoms with Gasteiger partial charge in [0.2, 0.25) is 5.95 Å². The summed E-state index contributed by atoms with van der Waals surface area (Å²) in [5.74, 6) is -1.33. The molecule has 0 fully saturated rings. The number of halogens is 1. The third kappa shape index (κ3) is 7.13. The first-order chi connectivity index (χ1) is 15.7. The van der Waals surface area contributed by atoms with Gasteiger partial charge in [0.15, 0.2) is 6.10 Å². The zero-order chi connectivity index (χ0) is 23.8. The highest BCUT2D eigenvalue weighted by Crippen LogP contribution is 2.17. The summed E-state index contributed by atoms with van der Waals surface area (Å²) in [4.78, 5) is 31.8. The van der Waals surface area contributed by atoms with Crippen molar-refractivity contribution in [1.29, 1.82) is 0 Å². The van der Waals surface area contributed by atoms with E-state index >= 15 is 0 Å². The van der Waals surface area contributed by atoms with Gasteiger partial charge in [-0.2, -0.15) is 0 Å². The van der Waals surface area contributed by atoms with Crippen LogP contribution in [0.3, 0.4) is 0 Å². The molecule has 11 heteroatoms. The molecule has 0 spiro atoms. The molecule has 0 bridgehead atoms. The predicted octanol–water partition coefficient (Wildman–Crippen LogP) is 3.51. The van der Waals surface area contributed by atoms with Crippen LogP contribution in [0.1, 0.15) is 12.5 Å². The topological polar surface area (TPSA) is 127 Å². The van der Waals surface area contributed by atoms with Crippen LogP contribution >= 0.6 is 11.6 Å². The number of sulfonamides is 1. The number of hydrogen-bond donors (Lipinski definition) is 2. The van der Waals surface area contributed by atoms with E-state index in [1.165, 1.54) is 55.7 Å². The molecule has 0 saturated carbocycles. The number of aromatic nitrogens is 2. The van der Waals surface area contributed by atoms with Gasteiger partial charge in [0, 0.05) is 29.2 Å². The van der Waals surface area contributed by atoms with Crippen molar-refractivity contribution in [1.82, 2.24) is 9.97 Å². The van der Waals surface area contributed by atoms with Crippen LogP contribution in [-0.4, -0.2) is 36.4 Å². The second-order valence-electron chi connectivity index (χ2n) is 6.66. The first-order valence-corrected chi connectivity index (χ1v) is 11.4. The van der Waals surface area contributed by atoms with Gasteiger partial charge in [0.05, 0.1) is 4.90 Å². The molecule has 0 saturated heterocycles. The van der Waals surface area contributed by atoms with Crippen molar-refractivity contribution in [3.63, 3.8) is 0 Å². The van der Waals surface area contributed by atoms with E-state index in [1.807, 2.05) is 0 Å². The lowest BCUT2D eigenvalue weighted by Gasteiger charge is -2.13. The third-order valence-electron chi connectivity index (χ3n) is 4.17. The van der Waals surface area contributed by atoms with Crippen LogP contribution in [0.2, 0.25) is 5.02 Å². The standard InChI is InChI=1S/C22H19ClN4O5S/c1-15(32-20(28)12-5-16-3-6-17(23)7-4-16)21(29)26-18-8-10-19(11-9-18)33(30,31)27-22-24-13-2-14-25-22/h2-15H,1H3,(H,26,29)(H,24,25,27)/b12-5+. The van der Waals surface area contributed by atoms with Gasteiger partial charge in [0.25, 0.3) is 15.9 Å². The number of rotatable bonds is 8. The maximum atomic E-state index is 12.4. The number of benzene rings is 2. The molecule has 1 aromatic heterocycles. The van der Waals surface area contributed by atoms with Crippen LogP contribution in [0.25, 0.3) is 6.08 Å².